The molecule has 1 saturated carbocycles. The Morgan fingerprint density at radius 3 is 2.51 bits per heavy atom. The predicted molar refractivity (Wildman–Crippen MR) is 130 cm³/mol. The quantitative estimate of drug-likeness (QED) is 0.220. The number of rotatable bonds is 8. The summed E-state index contributed by atoms with van der Waals surface area (Å²) in [7, 11) is -6.06. The summed E-state index contributed by atoms with van der Waals surface area (Å²) in [5, 5.41) is 1.76. The summed E-state index contributed by atoms with van der Waals surface area (Å²) in [5.74, 6) is -2.44. The third kappa shape index (κ3) is 6.46. The number of alkyl halides is 3. The number of carbonyl (C=O) groups excluding carboxylic acids is 1. The Bertz CT molecular complexity index is 1480. The van der Waals surface area contributed by atoms with Crippen LogP contribution in [-0.4, -0.2) is 36.2 Å². The van der Waals surface area contributed by atoms with Crippen molar-refractivity contribution < 1.29 is 35.0 Å². The van der Waals surface area contributed by atoms with Gasteiger partial charge in [-0.15, -0.1) is 0 Å². The minimum atomic E-state index is -6.06. The molecule has 198 valence electrons. The fourth-order valence-corrected chi connectivity index (χ4v) is 3.70. The number of carbonyl (C=O) groups is 1. The second-order valence-corrected chi connectivity index (χ2v) is 9.77. The van der Waals surface area contributed by atoms with Gasteiger partial charge in [0.2, 0.25) is 0 Å². The number of hydrogen-bond donors (Lipinski definition) is 1. The lowest BCUT2D eigenvalue weighted by Crippen LogP contribution is -2.29. The van der Waals surface area contributed by atoms with Crippen molar-refractivity contribution in [2.75, 3.05) is 0 Å². The highest BCUT2D eigenvalue weighted by Gasteiger charge is 2.49. The molecule has 14 heteroatoms. The number of aryl methyl sites for hydroxylation is 1. The number of halogens is 5. The van der Waals surface area contributed by atoms with E-state index in [2.05, 4.69) is 14.5 Å². The Labute approximate surface area is 214 Å². The summed E-state index contributed by atoms with van der Waals surface area (Å²) in [6.07, 6.45) is 6.86. The fourth-order valence-electron chi connectivity index (χ4n) is 3.00. The summed E-state index contributed by atoms with van der Waals surface area (Å²) in [6.45, 7) is 2.93. The average Bonchev–Trinajstić information content (AvgIpc) is 3.62. The zero-order chi connectivity index (χ0) is 27.5. The average molecular weight is 562 g/mol. The van der Waals surface area contributed by atoms with Crippen LogP contribution in [0.3, 0.4) is 0 Å². The van der Waals surface area contributed by atoms with Gasteiger partial charge in [-0.2, -0.15) is 21.6 Å². The lowest BCUT2D eigenvalue weighted by molar-refractivity contribution is -0.0500. The van der Waals surface area contributed by atoms with Crippen LogP contribution in [0.4, 0.5) is 17.6 Å². The first-order valence-corrected chi connectivity index (χ1v) is 12.4. The van der Waals surface area contributed by atoms with Crippen LogP contribution in [0.5, 0.6) is 5.75 Å². The van der Waals surface area contributed by atoms with E-state index in [9.17, 15) is 31.2 Å². The number of nitrogens with one attached hydrogen (secondary N) is 1. The van der Waals surface area contributed by atoms with E-state index < -0.39 is 43.7 Å². The van der Waals surface area contributed by atoms with Crippen molar-refractivity contribution in [2.24, 2.45) is 4.99 Å². The summed E-state index contributed by atoms with van der Waals surface area (Å²) in [6, 6.07) is 4.97. The molecule has 2 aromatic rings. The van der Waals surface area contributed by atoms with Gasteiger partial charge in [0.15, 0.2) is 5.75 Å². The number of allylic oxidation sites excluding steroid dienone is 2. The van der Waals surface area contributed by atoms with E-state index in [-0.39, 0.29) is 28.6 Å². The van der Waals surface area contributed by atoms with Crippen molar-refractivity contribution in [2.45, 2.75) is 38.2 Å². The smallest absolute Gasteiger partial charge is 0.374 e. The number of benzene rings is 1. The zero-order valence-corrected chi connectivity index (χ0v) is 20.9. The molecule has 0 atom stereocenters. The van der Waals surface area contributed by atoms with E-state index in [1.807, 2.05) is 0 Å². The summed E-state index contributed by atoms with van der Waals surface area (Å²) < 4.78 is 80.7. The Hall–Kier alpha value is -3.45. The van der Waals surface area contributed by atoms with Crippen LogP contribution in [-0.2, 0) is 10.1 Å². The van der Waals surface area contributed by atoms with Crippen LogP contribution < -0.4 is 15.1 Å². The van der Waals surface area contributed by atoms with Gasteiger partial charge in [0.1, 0.15) is 10.8 Å². The number of hydrogen-bond acceptors (Lipinski definition) is 6. The van der Waals surface area contributed by atoms with E-state index in [1.54, 1.807) is 13.0 Å². The van der Waals surface area contributed by atoms with E-state index in [0.717, 1.165) is 29.7 Å². The fraction of sp³-hybridized carbons (Fsp3) is 0.261. The van der Waals surface area contributed by atoms with E-state index >= 15 is 4.39 Å². The van der Waals surface area contributed by atoms with Gasteiger partial charge in [0.05, 0.1) is 11.3 Å². The Balaban J connectivity index is 2.01. The van der Waals surface area contributed by atoms with Crippen LogP contribution in [0.25, 0.3) is 6.20 Å². The molecule has 1 aromatic heterocycles. The molecule has 1 N–H and O–H groups in total. The van der Waals surface area contributed by atoms with Crippen molar-refractivity contribution >= 4 is 39.5 Å². The van der Waals surface area contributed by atoms with Gasteiger partial charge in [-0.1, -0.05) is 23.7 Å². The van der Waals surface area contributed by atoms with Crippen LogP contribution in [0, 0.1) is 12.7 Å². The Kier molecular flexibility index (Phi) is 8.28. The van der Waals surface area contributed by atoms with Gasteiger partial charge in [-0.05, 0) is 44.9 Å². The van der Waals surface area contributed by atoms with Crippen molar-refractivity contribution in [3.8, 4) is 5.75 Å². The highest BCUT2D eigenvalue weighted by molar-refractivity contribution is 7.88. The molecule has 1 fully saturated rings. The standard InChI is InChI=1S/C23H20ClF4N3O5S/c1-3-10-29-17(15-5-4-6-16(20(15)25)21(32)30-14-7-8-14)9-11-31-13(2)12-18(19(24)22(31)33)36-37(34,35)23(26,27)28/h3-6,9-12,14H,7-8H2,1-2H3,(H,30,32)/b10-3+,11-9+,29-17-. The van der Waals surface area contributed by atoms with E-state index in [4.69, 9.17) is 11.6 Å². The molecule has 1 aliphatic rings. The lowest BCUT2D eigenvalue weighted by Gasteiger charge is -2.13. The molecule has 0 unspecified atom stereocenters. The van der Waals surface area contributed by atoms with Crippen molar-refractivity contribution in [1.29, 1.82) is 0 Å². The maximum Gasteiger partial charge on any atom is 0.534 e. The molecule has 0 radical (unpaired) electrons. The van der Waals surface area contributed by atoms with Gasteiger partial charge in [-0.3, -0.25) is 19.1 Å². The van der Waals surface area contributed by atoms with Gasteiger partial charge in [0, 0.05) is 35.8 Å². The Morgan fingerprint density at radius 1 is 1.27 bits per heavy atom. The zero-order valence-electron chi connectivity index (χ0n) is 19.3. The van der Waals surface area contributed by atoms with Crippen molar-refractivity contribution in [3.05, 3.63) is 80.6 Å². The van der Waals surface area contributed by atoms with E-state index in [0.29, 0.717) is 0 Å². The monoisotopic (exact) mass is 561 g/mol. The van der Waals surface area contributed by atoms with Crippen LogP contribution in [0.15, 0.2) is 52.4 Å². The number of aromatic nitrogens is 1. The molecule has 0 aliphatic heterocycles. The highest BCUT2D eigenvalue weighted by Crippen LogP contribution is 2.30. The molecular formula is C23H20ClF4N3O5S. The highest BCUT2D eigenvalue weighted by atomic mass is 35.5. The molecule has 1 amide bonds. The number of aliphatic imine (C=N–C) groups is 1. The first-order valence-electron chi connectivity index (χ1n) is 10.7. The first-order chi connectivity index (χ1) is 17.3. The van der Waals surface area contributed by atoms with Gasteiger partial charge in [-0.25, -0.2) is 4.39 Å². The summed E-state index contributed by atoms with van der Waals surface area (Å²) in [4.78, 5) is 29.2. The molecule has 0 bridgehead atoms. The number of pyridine rings is 1. The molecular weight excluding hydrogens is 542 g/mol. The first kappa shape index (κ1) is 28.1. The minimum Gasteiger partial charge on any atom is -0.374 e. The van der Waals surface area contributed by atoms with Gasteiger partial charge in [0.25, 0.3) is 11.5 Å². The van der Waals surface area contributed by atoms with Crippen LogP contribution in [0.1, 0.15) is 41.4 Å². The third-order valence-electron chi connectivity index (χ3n) is 5.00. The maximum atomic E-state index is 15.3. The van der Waals surface area contributed by atoms with Crippen LogP contribution >= 0.6 is 11.6 Å². The maximum absolute atomic E-state index is 15.3. The largest absolute Gasteiger partial charge is 0.534 e. The molecule has 1 aromatic carbocycles. The molecule has 8 nitrogen and oxygen atoms in total. The lowest BCUT2D eigenvalue weighted by atomic mass is 10.0. The van der Waals surface area contributed by atoms with Crippen LogP contribution in [0.2, 0.25) is 5.02 Å². The molecule has 0 spiro atoms. The second kappa shape index (κ2) is 10.9. The minimum absolute atomic E-state index is 0.000861. The van der Waals surface area contributed by atoms with Crippen molar-refractivity contribution in [3.63, 3.8) is 0 Å². The molecule has 0 saturated heterocycles. The number of nitrogens with zero attached hydrogens (tertiary/aromatic N) is 2. The molecule has 37 heavy (non-hydrogen) atoms. The van der Waals surface area contributed by atoms with Crippen molar-refractivity contribution in [1.82, 2.24) is 9.88 Å². The Morgan fingerprint density at radius 2 is 1.92 bits per heavy atom. The third-order valence-corrected chi connectivity index (χ3v) is 6.32. The summed E-state index contributed by atoms with van der Waals surface area (Å²) >= 11 is 5.80. The molecule has 3 rings (SSSR count). The second-order valence-electron chi connectivity index (χ2n) is 7.85. The predicted octanol–water partition coefficient (Wildman–Crippen LogP) is 4.56. The SMILES string of the molecule is C/C=C/N=C(/C=C/n1c(C)cc(OS(=O)(=O)C(F)(F)F)c(Cl)c1=O)c1cccc(C(=O)NC2CC2)c1F. The number of amides is 1. The van der Waals surface area contributed by atoms with Gasteiger partial charge >= 0.3 is 15.6 Å². The normalized spacial score (nSPS) is 14.9. The molecule has 1 heterocycles. The van der Waals surface area contributed by atoms with Gasteiger partial charge < -0.3 is 9.50 Å². The molecule has 1 aliphatic carbocycles. The van der Waals surface area contributed by atoms with E-state index in [1.165, 1.54) is 37.4 Å². The topological polar surface area (TPSA) is 107 Å². The summed E-state index contributed by atoms with van der Waals surface area (Å²) in [5.41, 5.74) is -7.15.